The van der Waals surface area contributed by atoms with Gasteiger partial charge in [-0.2, -0.15) is 0 Å². The van der Waals surface area contributed by atoms with Crippen LogP contribution in [0.15, 0.2) is 0 Å². The van der Waals surface area contributed by atoms with Crippen molar-refractivity contribution in [3.8, 4) is 0 Å². The number of alkyl halides is 2. The fraction of sp³-hybridized carbons (Fsp3) is 1.00. The molecule has 0 rings (SSSR count). The quantitative estimate of drug-likeness (QED) is 0.505. The van der Waals surface area contributed by atoms with Gasteiger partial charge >= 0.3 is 0 Å². The predicted molar refractivity (Wildman–Crippen MR) is 88.9 cm³/mol. The third-order valence-corrected chi connectivity index (χ3v) is 3.66. The molecule has 0 aliphatic rings. The van der Waals surface area contributed by atoms with E-state index in [9.17, 15) is 5.11 Å². The zero-order valence-corrected chi connectivity index (χ0v) is 15.7. The number of nitrogens with one attached hydrogen (secondary N) is 1. The summed E-state index contributed by atoms with van der Waals surface area (Å²) in [6, 6.07) is 0.0694. The third-order valence-electron chi connectivity index (χ3n) is 2.35. The molecule has 0 aliphatic carbocycles. The molecule has 0 bridgehead atoms. The Morgan fingerprint density at radius 1 is 0.875 bits per heavy atom. The lowest BCUT2D eigenvalue weighted by Crippen LogP contribution is -2.61. The maximum absolute atomic E-state index is 10.5. The largest absolute Gasteiger partial charge is 0.390 e. The molecule has 0 saturated carbocycles. The Morgan fingerprint density at radius 3 is 1.44 bits per heavy atom. The minimum Gasteiger partial charge on any atom is -0.390 e. The van der Waals surface area contributed by atoms with Crippen molar-refractivity contribution in [2.75, 3.05) is 0 Å². The van der Waals surface area contributed by atoms with E-state index in [0.717, 1.165) is 0 Å². The van der Waals surface area contributed by atoms with Crippen LogP contribution in [0.1, 0.15) is 48.5 Å². The molecule has 2 unspecified atom stereocenters. The smallest absolute Gasteiger partial charge is 0.0846 e. The molecule has 0 aliphatic heterocycles. The molecule has 4 heteroatoms. The molecule has 2 N–H and O–H groups in total. The van der Waals surface area contributed by atoms with Crippen molar-refractivity contribution in [3.63, 3.8) is 0 Å². The van der Waals surface area contributed by atoms with Crippen LogP contribution in [0, 0.1) is 0 Å². The number of aliphatic hydroxyl groups is 1. The maximum atomic E-state index is 10.5. The highest BCUT2D eigenvalue weighted by molar-refractivity contribution is 14.1. The minimum absolute atomic E-state index is 0.00684. The highest BCUT2D eigenvalue weighted by Gasteiger charge is 2.41. The highest BCUT2D eigenvalue weighted by Crippen LogP contribution is 2.33. The molecular formula is C12H25I2NO. The lowest BCUT2D eigenvalue weighted by molar-refractivity contribution is 0.0810. The molecule has 0 spiro atoms. The summed E-state index contributed by atoms with van der Waals surface area (Å²) in [6.45, 7) is 14.8. The van der Waals surface area contributed by atoms with Crippen LogP contribution in [-0.4, -0.2) is 29.6 Å². The highest BCUT2D eigenvalue weighted by atomic mass is 127. The van der Waals surface area contributed by atoms with Crippen LogP contribution in [0.2, 0.25) is 0 Å². The maximum Gasteiger partial charge on any atom is 0.0846 e. The molecule has 0 fully saturated rings. The minimum atomic E-state index is -0.376. The van der Waals surface area contributed by atoms with E-state index in [2.05, 4.69) is 99.0 Å². The zero-order chi connectivity index (χ0) is 13.4. The van der Waals surface area contributed by atoms with Gasteiger partial charge in [-0.3, -0.25) is 0 Å². The summed E-state index contributed by atoms with van der Waals surface area (Å²) in [6.07, 6.45) is -0.376. The van der Waals surface area contributed by atoms with Gasteiger partial charge < -0.3 is 10.4 Å². The molecule has 16 heavy (non-hydrogen) atoms. The van der Waals surface area contributed by atoms with Crippen molar-refractivity contribution in [3.05, 3.63) is 0 Å². The SMILES string of the molecule is CC(C)(C)NC(C(O)C(C)(C)I)C(C)(C)I. The molecule has 2 nitrogen and oxygen atoms in total. The Morgan fingerprint density at radius 2 is 1.25 bits per heavy atom. The molecule has 0 amide bonds. The van der Waals surface area contributed by atoms with E-state index in [4.69, 9.17) is 0 Å². The number of aliphatic hydroxyl groups excluding tert-OH is 1. The lowest BCUT2D eigenvalue weighted by Gasteiger charge is -2.42. The van der Waals surface area contributed by atoms with Crippen LogP contribution in [-0.2, 0) is 0 Å². The summed E-state index contributed by atoms with van der Waals surface area (Å²) in [5.41, 5.74) is 0.00990. The summed E-state index contributed by atoms with van der Waals surface area (Å²) in [4.78, 5) is 0. The normalized spacial score (nSPS) is 18.4. The number of rotatable bonds is 4. The summed E-state index contributed by atoms with van der Waals surface area (Å²) in [7, 11) is 0. The summed E-state index contributed by atoms with van der Waals surface area (Å²) in [5, 5.41) is 14.0. The third kappa shape index (κ3) is 6.35. The van der Waals surface area contributed by atoms with Crippen LogP contribution < -0.4 is 5.32 Å². The Labute approximate surface area is 128 Å². The van der Waals surface area contributed by atoms with E-state index in [1.165, 1.54) is 0 Å². The van der Waals surface area contributed by atoms with Gasteiger partial charge in [0.2, 0.25) is 0 Å². The van der Waals surface area contributed by atoms with E-state index in [1.54, 1.807) is 0 Å². The van der Waals surface area contributed by atoms with Gasteiger partial charge in [0.1, 0.15) is 0 Å². The van der Waals surface area contributed by atoms with Crippen LogP contribution in [0.3, 0.4) is 0 Å². The summed E-state index contributed by atoms with van der Waals surface area (Å²) >= 11 is 4.72. The van der Waals surface area contributed by atoms with Crippen molar-refractivity contribution >= 4 is 45.2 Å². The van der Waals surface area contributed by atoms with Gasteiger partial charge in [0.15, 0.2) is 0 Å². The van der Waals surface area contributed by atoms with Crippen LogP contribution in [0.25, 0.3) is 0 Å². The van der Waals surface area contributed by atoms with Crippen molar-refractivity contribution in [1.29, 1.82) is 0 Å². The lowest BCUT2D eigenvalue weighted by atomic mass is 9.89. The van der Waals surface area contributed by atoms with Gasteiger partial charge in [0, 0.05) is 18.4 Å². The van der Waals surface area contributed by atoms with Crippen molar-refractivity contribution < 1.29 is 5.11 Å². The Balaban J connectivity index is 4.98. The fourth-order valence-corrected chi connectivity index (χ4v) is 2.34. The molecule has 0 saturated heterocycles. The average molecular weight is 453 g/mol. The van der Waals surface area contributed by atoms with Crippen molar-refractivity contribution in [2.45, 2.75) is 73.0 Å². The van der Waals surface area contributed by atoms with Gasteiger partial charge in [-0.05, 0) is 48.5 Å². The molecule has 0 aromatic heterocycles. The first-order chi connectivity index (χ1) is 6.75. The van der Waals surface area contributed by atoms with E-state index >= 15 is 0 Å². The molecule has 0 heterocycles. The van der Waals surface area contributed by atoms with Gasteiger partial charge in [0.05, 0.1) is 6.10 Å². The van der Waals surface area contributed by atoms with E-state index in [0.29, 0.717) is 0 Å². The molecule has 0 radical (unpaired) electrons. The van der Waals surface area contributed by atoms with Gasteiger partial charge in [-0.1, -0.05) is 45.2 Å². The zero-order valence-electron chi connectivity index (χ0n) is 11.4. The van der Waals surface area contributed by atoms with E-state index < -0.39 is 0 Å². The molecule has 2 atom stereocenters. The first-order valence-electron chi connectivity index (χ1n) is 5.59. The van der Waals surface area contributed by atoms with Crippen LogP contribution in [0.5, 0.6) is 0 Å². The Hall–Kier alpha value is 1.38. The predicted octanol–water partition coefficient (Wildman–Crippen LogP) is 3.53. The van der Waals surface area contributed by atoms with E-state index in [1.807, 2.05) is 0 Å². The second-order valence-corrected chi connectivity index (χ2v) is 12.0. The molecular weight excluding hydrogens is 428 g/mol. The fourth-order valence-electron chi connectivity index (χ4n) is 1.49. The van der Waals surface area contributed by atoms with Crippen molar-refractivity contribution in [1.82, 2.24) is 5.32 Å². The first kappa shape index (κ1) is 17.4. The summed E-state index contributed by atoms with van der Waals surface area (Å²) in [5.74, 6) is 0. The van der Waals surface area contributed by atoms with Gasteiger partial charge in [0.25, 0.3) is 0 Å². The second-order valence-electron chi connectivity index (χ2n) is 6.45. The molecule has 0 aromatic rings. The van der Waals surface area contributed by atoms with Crippen LogP contribution in [0.4, 0.5) is 0 Å². The number of hydrogen-bond donors (Lipinski definition) is 2. The average Bonchev–Trinajstić information content (AvgIpc) is 1.93. The standard InChI is InChI=1S/C12H25I2NO/c1-10(2,3)15-8(11(4,5)13)9(16)12(6,7)14/h8-9,15-16H,1-7H3. The monoisotopic (exact) mass is 453 g/mol. The Kier molecular flexibility index (Phi) is 6.05. The van der Waals surface area contributed by atoms with Crippen molar-refractivity contribution in [2.24, 2.45) is 0 Å². The van der Waals surface area contributed by atoms with Crippen LogP contribution >= 0.6 is 45.2 Å². The van der Waals surface area contributed by atoms with Gasteiger partial charge in [-0.15, -0.1) is 0 Å². The summed E-state index contributed by atoms with van der Waals surface area (Å²) < 4.78 is -0.129. The molecule has 0 aromatic carbocycles. The Bertz CT molecular complexity index is 223. The first-order valence-corrected chi connectivity index (χ1v) is 7.74. The van der Waals surface area contributed by atoms with Gasteiger partial charge in [-0.25, -0.2) is 0 Å². The van der Waals surface area contributed by atoms with E-state index in [-0.39, 0.29) is 24.5 Å². The molecule has 98 valence electrons. The topological polar surface area (TPSA) is 32.3 Å². The number of hydrogen-bond acceptors (Lipinski definition) is 2. The number of halogens is 2. The second kappa shape index (κ2) is 5.57.